The van der Waals surface area contributed by atoms with Gasteiger partial charge in [-0.1, -0.05) is 72.8 Å². The fourth-order valence-electron chi connectivity index (χ4n) is 4.43. The van der Waals surface area contributed by atoms with Crippen LogP contribution in [0.5, 0.6) is 0 Å². The fraction of sp³-hybridized carbons (Fsp3) is 0.160. The molecule has 27 heavy (non-hydrogen) atoms. The molecule has 0 aliphatic carbocycles. The third-order valence-electron chi connectivity index (χ3n) is 5.61. The molecule has 0 amide bonds. The van der Waals surface area contributed by atoms with Crippen molar-refractivity contribution in [1.29, 1.82) is 0 Å². The summed E-state index contributed by atoms with van der Waals surface area (Å²) in [4.78, 5) is 0. The molecule has 0 radical (unpaired) electrons. The van der Waals surface area contributed by atoms with Crippen molar-refractivity contribution in [2.24, 2.45) is 0 Å². The Hall–Kier alpha value is -3.13. The molecule has 0 saturated carbocycles. The second-order valence-electron chi connectivity index (χ2n) is 7.20. The van der Waals surface area contributed by atoms with Gasteiger partial charge in [0, 0.05) is 30.5 Å². The zero-order valence-corrected chi connectivity index (χ0v) is 15.9. The summed E-state index contributed by atoms with van der Waals surface area (Å²) in [5.41, 5.74) is 7.88. The van der Waals surface area contributed by atoms with Gasteiger partial charge >= 0.3 is 0 Å². The maximum atomic E-state index is 9.70. The first-order valence-corrected chi connectivity index (χ1v) is 9.41. The molecule has 2 heteroatoms. The first kappa shape index (κ1) is 15.0. The second-order valence-corrected chi connectivity index (χ2v) is 7.20. The SMILES string of the molecule is [2H]C1(c2ccccc2)c2ccccc2-c2c(C)n(-c3ccccc3C)c(C)[n+]21. The number of aryl methyl sites for hydroxylation is 1. The molecule has 0 N–H and O–H groups in total. The zero-order valence-electron chi connectivity index (χ0n) is 16.9. The van der Waals surface area contributed by atoms with Crippen molar-refractivity contribution in [1.82, 2.24) is 4.57 Å². The van der Waals surface area contributed by atoms with Crippen molar-refractivity contribution in [3.05, 3.63) is 107 Å². The van der Waals surface area contributed by atoms with Gasteiger partial charge in [-0.3, -0.25) is 0 Å². The highest BCUT2D eigenvalue weighted by Crippen LogP contribution is 2.40. The molecular weight excluding hydrogens is 328 g/mol. The van der Waals surface area contributed by atoms with Gasteiger partial charge in [0.1, 0.15) is 5.69 Å². The maximum Gasteiger partial charge on any atom is 0.259 e. The molecule has 1 unspecified atom stereocenters. The molecule has 0 fully saturated rings. The van der Waals surface area contributed by atoms with Gasteiger partial charge in [-0.15, -0.1) is 0 Å². The van der Waals surface area contributed by atoms with Gasteiger partial charge in [0.25, 0.3) is 5.82 Å². The van der Waals surface area contributed by atoms with Crippen LogP contribution >= 0.6 is 0 Å². The van der Waals surface area contributed by atoms with E-state index in [9.17, 15) is 1.37 Å². The van der Waals surface area contributed by atoms with Crippen LogP contribution in [0, 0.1) is 20.8 Å². The van der Waals surface area contributed by atoms with Gasteiger partial charge in [0.15, 0.2) is 17.4 Å². The number of hydrogen-bond acceptors (Lipinski definition) is 0. The number of hydrogen-bond donors (Lipinski definition) is 0. The van der Waals surface area contributed by atoms with Gasteiger partial charge in [-0.25, -0.2) is 4.57 Å². The van der Waals surface area contributed by atoms with Crippen molar-refractivity contribution in [2.75, 3.05) is 0 Å². The smallest absolute Gasteiger partial charge is 0.216 e. The van der Waals surface area contributed by atoms with Crippen molar-refractivity contribution in [2.45, 2.75) is 26.8 Å². The topological polar surface area (TPSA) is 8.81 Å². The Morgan fingerprint density at radius 1 is 0.815 bits per heavy atom. The number of benzene rings is 3. The number of nitrogens with zero attached hydrogens (tertiary/aromatic N) is 2. The molecule has 0 saturated heterocycles. The summed E-state index contributed by atoms with van der Waals surface area (Å²) in [6.45, 7) is 6.43. The molecule has 4 aromatic rings. The van der Waals surface area contributed by atoms with Crippen molar-refractivity contribution >= 4 is 0 Å². The third kappa shape index (κ3) is 2.23. The van der Waals surface area contributed by atoms with Gasteiger partial charge < -0.3 is 0 Å². The van der Waals surface area contributed by atoms with Crippen LogP contribution < -0.4 is 4.57 Å². The van der Waals surface area contributed by atoms with Crippen LogP contribution in [0.4, 0.5) is 0 Å². The van der Waals surface area contributed by atoms with E-state index in [4.69, 9.17) is 0 Å². The Morgan fingerprint density at radius 2 is 1.48 bits per heavy atom. The van der Waals surface area contributed by atoms with Crippen LogP contribution in [-0.2, 0) is 0 Å². The number of fused-ring (bicyclic) bond motifs is 3. The molecule has 132 valence electrons. The molecule has 0 spiro atoms. The third-order valence-corrected chi connectivity index (χ3v) is 5.61. The fourth-order valence-corrected chi connectivity index (χ4v) is 4.43. The summed E-state index contributed by atoms with van der Waals surface area (Å²) in [7, 11) is 0. The lowest BCUT2D eigenvalue weighted by molar-refractivity contribution is -0.694. The molecule has 1 aromatic heterocycles. The van der Waals surface area contributed by atoms with E-state index in [2.05, 4.69) is 84.5 Å². The second kappa shape index (κ2) is 5.95. The summed E-state index contributed by atoms with van der Waals surface area (Å²) in [5.74, 6) is 1.07. The van der Waals surface area contributed by atoms with E-state index in [0.717, 1.165) is 28.2 Å². The molecule has 3 aromatic carbocycles. The highest BCUT2D eigenvalue weighted by molar-refractivity contribution is 5.69. The minimum Gasteiger partial charge on any atom is -0.216 e. The van der Waals surface area contributed by atoms with Crippen LogP contribution in [0.25, 0.3) is 16.9 Å². The standard InChI is InChI=1S/C25H23N2/c1-17-11-7-10-16-23(17)26-18(2)24-21-14-8-9-15-22(21)25(27(24)19(26)3)20-12-5-4-6-13-20/h4-16,25H,1-3H3/q+1/i25D. The van der Waals surface area contributed by atoms with E-state index < -0.39 is 6.02 Å². The summed E-state index contributed by atoms with van der Waals surface area (Å²) in [5, 5.41) is 0. The average molecular weight is 352 g/mol. The average Bonchev–Trinajstić information content (AvgIpc) is 3.15. The first-order valence-electron chi connectivity index (χ1n) is 9.91. The lowest BCUT2D eigenvalue weighted by atomic mass is 9.97. The normalized spacial score (nSPS) is 18.1. The van der Waals surface area contributed by atoms with Crippen molar-refractivity contribution < 1.29 is 5.94 Å². The molecule has 2 heterocycles. The molecular formula is C25H23N2+. The van der Waals surface area contributed by atoms with E-state index in [1.54, 1.807) is 0 Å². The molecule has 5 rings (SSSR count). The Balaban J connectivity index is 1.90. The number of imidazole rings is 1. The summed E-state index contributed by atoms with van der Waals surface area (Å²) in [6, 6.07) is 26.0. The van der Waals surface area contributed by atoms with Crippen molar-refractivity contribution in [3.63, 3.8) is 0 Å². The predicted molar refractivity (Wildman–Crippen MR) is 109 cm³/mol. The zero-order chi connectivity index (χ0) is 19.5. The number of para-hydroxylation sites is 1. The van der Waals surface area contributed by atoms with Gasteiger partial charge in [-0.2, -0.15) is 4.57 Å². The van der Waals surface area contributed by atoms with E-state index >= 15 is 0 Å². The summed E-state index contributed by atoms with van der Waals surface area (Å²) < 4.78 is 14.2. The molecule has 0 bridgehead atoms. The Labute approximate surface area is 161 Å². The van der Waals surface area contributed by atoms with E-state index in [-0.39, 0.29) is 0 Å². The monoisotopic (exact) mass is 352 g/mol. The molecule has 2 nitrogen and oxygen atoms in total. The Kier molecular flexibility index (Phi) is 3.30. The lowest BCUT2D eigenvalue weighted by Crippen LogP contribution is -2.40. The highest BCUT2D eigenvalue weighted by Gasteiger charge is 2.41. The van der Waals surface area contributed by atoms with Crippen LogP contribution in [0.15, 0.2) is 78.9 Å². The van der Waals surface area contributed by atoms with Gasteiger partial charge in [-0.05, 0) is 18.6 Å². The predicted octanol–water partition coefficient (Wildman–Crippen LogP) is 5.31. The van der Waals surface area contributed by atoms with Gasteiger partial charge in [0.05, 0.1) is 1.37 Å². The van der Waals surface area contributed by atoms with Crippen molar-refractivity contribution in [3.8, 4) is 16.9 Å². The minimum atomic E-state index is -0.976. The van der Waals surface area contributed by atoms with Crippen LogP contribution in [0.3, 0.4) is 0 Å². The summed E-state index contributed by atoms with van der Waals surface area (Å²) >= 11 is 0. The van der Waals surface area contributed by atoms with Crippen LogP contribution in [-0.4, -0.2) is 4.57 Å². The highest BCUT2D eigenvalue weighted by atomic mass is 15.2. The Morgan fingerprint density at radius 3 is 2.26 bits per heavy atom. The van der Waals surface area contributed by atoms with E-state index in [1.807, 2.05) is 24.3 Å². The summed E-state index contributed by atoms with van der Waals surface area (Å²) in [6.07, 6.45) is 0. The number of rotatable bonds is 2. The van der Waals surface area contributed by atoms with Gasteiger partial charge in [0.2, 0.25) is 0 Å². The van der Waals surface area contributed by atoms with Crippen LogP contribution in [0.2, 0.25) is 0 Å². The molecule has 1 atom stereocenters. The first-order chi connectivity index (χ1) is 13.5. The van der Waals surface area contributed by atoms with E-state index in [0.29, 0.717) is 0 Å². The van der Waals surface area contributed by atoms with Crippen LogP contribution in [0.1, 0.15) is 35.6 Å². The lowest BCUT2D eigenvalue weighted by Gasteiger charge is -2.13. The maximum absolute atomic E-state index is 9.70. The molecule has 1 aliphatic heterocycles. The quantitative estimate of drug-likeness (QED) is 0.432. The number of aromatic nitrogens is 2. The largest absolute Gasteiger partial charge is 0.259 e. The van der Waals surface area contributed by atoms with E-state index in [1.165, 1.54) is 16.9 Å². The minimum absolute atomic E-state index is 0.976. The Bertz CT molecular complexity index is 1210. The molecule has 1 aliphatic rings.